The molecule has 2 N–H and O–H groups in total. The van der Waals surface area contributed by atoms with Crippen molar-refractivity contribution in [1.82, 2.24) is 0 Å². The SMILES string of the molecule is CNc1cc(C)ccc1C(=O)Nc1cc(OC)ccc1Cl. The predicted molar refractivity (Wildman–Crippen MR) is 86.7 cm³/mol. The second-order valence-electron chi connectivity index (χ2n) is 4.60. The van der Waals surface area contributed by atoms with Crippen molar-refractivity contribution in [3.05, 3.63) is 52.5 Å². The third kappa shape index (κ3) is 3.47. The maximum Gasteiger partial charge on any atom is 0.257 e. The molecular formula is C16H17ClN2O2. The quantitative estimate of drug-likeness (QED) is 0.899. The van der Waals surface area contributed by atoms with E-state index in [1.807, 2.05) is 19.1 Å². The Bertz CT molecular complexity index is 671. The number of halogens is 1. The molecule has 1 amide bonds. The van der Waals surface area contributed by atoms with E-state index in [2.05, 4.69) is 10.6 Å². The molecule has 0 spiro atoms. The summed E-state index contributed by atoms with van der Waals surface area (Å²) in [4.78, 5) is 12.4. The number of benzene rings is 2. The minimum absolute atomic E-state index is 0.227. The van der Waals surface area contributed by atoms with E-state index in [4.69, 9.17) is 16.3 Å². The summed E-state index contributed by atoms with van der Waals surface area (Å²) in [6, 6.07) is 10.7. The van der Waals surface area contributed by atoms with Crippen LogP contribution in [0.25, 0.3) is 0 Å². The standard InChI is InChI=1S/C16H17ClN2O2/c1-10-4-6-12(14(8-10)18-2)16(20)19-15-9-11(21-3)5-7-13(15)17/h4-9,18H,1-3H3,(H,19,20). The van der Waals surface area contributed by atoms with Crippen LogP contribution < -0.4 is 15.4 Å². The first-order valence-electron chi connectivity index (χ1n) is 6.48. The van der Waals surface area contributed by atoms with Crippen molar-refractivity contribution in [2.75, 3.05) is 24.8 Å². The molecule has 2 rings (SSSR count). The number of hydrogen-bond donors (Lipinski definition) is 2. The smallest absolute Gasteiger partial charge is 0.257 e. The molecule has 0 atom stereocenters. The van der Waals surface area contributed by atoms with Gasteiger partial charge in [0.25, 0.3) is 5.91 Å². The number of carbonyl (C=O) groups is 1. The molecule has 2 aromatic rings. The number of rotatable bonds is 4. The molecule has 2 aromatic carbocycles. The van der Waals surface area contributed by atoms with E-state index in [0.29, 0.717) is 22.0 Å². The zero-order chi connectivity index (χ0) is 15.4. The highest BCUT2D eigenvalue weighted by molar-refractivity contribution is 6.34. The van der Waals surface area contributed by atoms with Crippen molar-refractivity contribution >= 4 is 28.9 Å². The summed E-state index contributed by atoms with van der Waals surface area (Å²) in [5.74, 6) is 0.405. The van der Waals surface area contributed by atoms with Gasteiger partial charge in [-0.3, -0.25) is 4.79 Å². The molecule has 0 saturated carbocycles. The van der Waals surface area contributed by atoms with E-state index in [1.54, 1.807) is 38.4 Å². The lowest BCUT2D eigenvalue weighted by Gasteiger charge is -2.12. The molecule has 4 nitrogen and oxygen atoms in total. The Morgan fingerprint density at radius 1 is 1.14 bits per heavy atom. The highest BCUT2D eigenvalue weighted by Crippen LogP contribution is 2.28. The number of nitrogens with one attached hydrogen (secondary N) is 2. The van der Waals surface area contributed by atoms with E-state index in [1.165, 1.54) is 0 Å². The van der Waals surface area contributed by atoms with Crippen LogP contribution >= 0.6 is 11.6 Å². The first-order chi connectivity index (χ1) is 10.0. The van der Waals surface area contributed by atoms with Crippen molar-refractivity contribution in [2.24, 2.45) is 0 Å². The number of anilines is 2. The normalized spacial score (nSPS) is 10.1. The molecule has 0 saturated heterocycles. The molecular weight excluding hydrogens is 288 g/mol. The van der Waals surface area contributed by atoms with E-state index < -0.39 is 0 Å². The van der Waals surface area contributed by atoms with Gasteiger partial charge in [0, 0.05) is 18.8 Å². The van der Waals surface area contributed by atoms with Crippen molar-refractivity contribution in [3.63, 3.8) is 0 Å². The van der Waals surface area contributed by atoms with Crippen LogP contribution in [0.1, 0.15) is 15.9 Å². The van der Waals surface area contributed by atoms with Crippen LogP contribution in [0.2, 0.25) is 5.02 Å². The number of ether oxygens (including phenoxy) is 1. The molecule has 0 aromatic heterocycles. The lowest BCUT2D eigenvalue weighted by atomic mass is 10.1. The van der Waals surface area contributed by atoms with Crippen molar-refractivity contribution in [2.45, 2.75) is 6.92 Å². The molecule has 0 aliphatic carbocycles. The van der Waals surface area contributed by atoms with E-state index >= 15 is 0 Å². The molecule has 0 aliphatic rings. The summed E-state index contributed by atoms with van der Waals surface area (Å²) in [7, 11) is 3.35. The van der Waals surface area contributed by atoms with Gasteiger partial charge in [0.15, 0.2) is 0 Å². The minimum atomic E-state index is -0.227. The number of carbonyl (C=O) groups excluding carboxylic acids is 1. The molecule has 110 valence electrons. The Kier molecular flexibility index (Phi) is 4.70. The summed E-state index contributed by atoms with van der Waals surface area (Å²) >= 11 is 6.10. The fourth-order valence-electron chi connectivity index (χ4n) is 1.98. The van der Waals surface area contributed by atoms with Gasteiger partial charge < -0.3 is 15.4 Å². The minimum Gasteiger partial charge on any atom is -0.497 e. The summed E-state index contributed by atoms with van der Waals surface area (Å²) in [6.07, 6.45) is 0. The highest BCUT2D eigenvalue weighted by Gasteiger charge is 2.13. The zero-order valence-corrected chi connectivity index (χ0v) is 12.9. The molecule has 0 heterocycles. The van der Waals surface area contributed by atoms with Crippen LogP contribution in [0.3, 0.4) is 0 Å². The molecule has 0 radical (unpaired) electrons. The predicted octanol–water partition coefficient (Wildman–Crippen LogP) is 3.95. The first kappa shape index (κ1) is 15.2. The summed E-state index contributed by atoms with van der Waals surface area (Å²) in [5, 5.41) is 6.29. The number of aryl methyl sites for hydroxylation is 1. The number of hydrogen-bond acceptors (Lipinski definition) is 3. The van der Waals surface area contributed by atoms with Gasteiger partial charge in [-0.25, -0.2) is 0 Å². The topological polar surface area (TPSA) is 50.4 Å². The summed E-state index contributed by atoms with van der Waals surface area (Å²) in [6.45, 7) is 1.97. The fourth-order valence-corrected chi connectivity index (χ4v) is 2.14. The molecule has 0 unspecified atom stereocenters. The second-order valence-corrected chi connectivity index (χ2v) is 5.01. The Labute approximate surface area is 129 Å². The average Bonchev–Trinajstić information content (AvgIpc) is 2.49. The largest absolute Gasteiger partial charge is 0.497 e. The molecule has 0 aliphatic heterocycles. The molecule has 5 heteroatoms. The monoisotopic (exact) mass is 304 g/mol. The first-order valence-corrected chi connectivity index (χ1v) is 6.86. The van der Waals surface area contributed by atoms with Gasteiger partial charge in [0.1, 0.15) is 5.75 Å². The van der Waals surface area contributed by atoms with Gasteiger partial charge >= 0.3 is 0 Å². The zero-order valence-electron chi connectivity index (χ0n) is 12.2. The lowest BCUT2D eigenvalue weighted by molar-refractivity contribution is 0.102. The van der Waals surface area contributed by atoms with Gasteiger partial charge in [0.2, 0.25) is 0 Å². The van der Waals surface area contributed by atoms with Gasteiger partial charge in [-0.2, -0.15) is 0 Å². The maximum atomic E-state index is 12.4. The Hall–Kier alpha value is -2.20. The van der Waals surface area contributed by atoms with Crippen molar-refractivity contribution in [3.8, 4) is 5.75 Å². The summed E-state index contributed by atoms with van der Waals surface area (Å²) in [5.41, 5.74) is 2.92. The van der Waals surface area contributed by atoms with Crippen LogP contribution in [-0.2, 0) is 0 Å². The molecule has 0 bridgehead atoms. The third-order valence-electron chi connectivity index (χ3n) is 3.11. The van der Waals surface area contributed by atoms with Crippen LogP contribution in [-0.4, -0.2) is 20.1 Å². The summed E-state index contributed by atoms with van der Waals surface area (Å²) < 4.78 is 5.14. The third-order valence-corrected chi connectivity index (χ3v) is 3.44. The molecule has 21 heavy (non-hydrogen) atoms. The Morgan fingerprint density at radius 2 is 1.90 bits per heavy atom. The van der Waals surface area contributed by atoms with Crippen LogP contribution in [0.5, 0.6) is 5.75 Å². The van der Waals surface area contributed by atoms with Crippen LogP contribution in [0.4, 0.5) is 11.4 Å². The Morgan fingerprint density at radius 3 is 2.57 bits per heavy atom. The van der Waals surface area contributed by atoms with Crippen LogP contribution in [0, 0.1) is 6.92 Å². The molecule has 0 fully saturated rings. The van der Waals surface area contributed by atoms with Crippen molar-refractivity contribution in [1.29, 1.82) is 0 Å². The second kappa shape index (κ2) is 6.50. The van der Waals surface area contributed by atoms with E-state index in [9.17, 15) is 4.79 Å². The average molecular weight is 305 g/mol. The maximum absolute atomic E-state index is 12.4. The van der Waals surface area contributed by atoms with Gasteiger partial charge in [-0.05, 0) is 36.8 Å². The van der Waals surface area contributed by atoms with E-state index in [-0.39, 0.29) is 5.91 Å². The van der Waals surface area contributed by atoms with Crippen molar-refractivity contribution < 1.29 is 9.53 Å². The van der Waals surface area contributed by atoms with Gasteiger partial charge in [-0.1, -0.05) is 17.7 Å². The lowest BCUT2D eigenvalue weighted by Crippen LogP contribution is -2.14. The highest BCUT2D eigenvalue weighted by atomic mass is 35.5. The number of amides is 1. The van der Waals surface area contributed by atoms with Crippen LogP contribution in [0.15, 0.2) is 36.4 Å². The Balaban J connectivity index is 2.30. The number of methoxy groups -OCH3 is 1. The van der Waals surface area contributed by atoms with Gasteiger partial charge in [-0.15, -0.1) is 0 Å². The fraction of sp³-hybridized carbons (Fsp3) is 0.188. The van der Waals surface area contributed by atoms with E-state index in [0.717, 1.165) is 11.3 Å². The van der Waals surface area contributed by atoms with Gasteiger partial charge in [0.05, 0.1) is 23.4 Å².